The Morgan fingerprint density at radius 3 is 2.29 bits per heavy atom. The highest BCUT2D eigenvalue weighted by molar-refractivity contribution is 7.99. The minimum Gasteiger partial charge on any atom is -0.380 e. The van der Waals surface area contributed by atoms with Gasteiger partial charge in [-0.2, -0.15) is 23.5 Å². The van der Waals surface area contributed by atoms with E-state index in [1.807, 2.05) is 18.7 Å². The summed E-state index contributed by atoms with van der Waals surface area (Å²) in [6.07, 6.45) is 5.08. The van der Waals surface area contributed by atoms with Crippen LogP contribution in [0, 0.1) is 0 Å². The van der Waals surface area contributed by atoms with Crippen LogP contribution in [-0.2, 0) is 21.0 Å². The molecule has 2 N–H and O–H groups in total. The van der Waals surface area contributed by atoms with E-state index in [-0.39, 0.29) is 5.91 Å². The summed E-state index contributed by atoms with van der Waals surface area (Å²) < 4.78 is 5.29. The highest BCUT2D eigenvalue weighted by Gasteiger charge is 2.11. The standard InChI is InChI=1S/C28H42N2O2S2/c1-2-32-21-20-29-18-19-30-28(31)16-10-9-15-27(34-24-26-13-7-4-8-14-26)17-22-33-23-25-11-5-3-6-12-25/h3-8,11-14,27,29H,2,9-10,15-24H2,1H3,(H,30,31)/t27-/m1/s1. The zero-order valence-corrected chi connectivity index (χ0v) is 22.3. The first-order valence-electron chi connectivity index (χ1n) is 12.6. The zero-order valence-electron chi connectivity index (χ0n) is 20.7. The van der Waals surface area contributed by atoms with Crippen molar-refractivity contribution in [3.05, 3.63) is 71.8 Å². The van der Waals surface area contributed by atoms with E-state index in [4.69, 9.17) is 4.74 Å². The molecule has 0 aliphatic heterocycles. The van der Waals surface area contributed by atoms with Gasteiger partial charge in [-0.3, -0.25) is 4.79 Å². The van der Waals surface area contributed by atoms with E-state index in [1.165, 1.54) is 29.7 Å². The molecule has 0 unspecified atom stereocenters. The predicted octanol–water partition coefficient (Wildman–Crippen LogP) is 5.91. The molecule has 0 aromatic heterocycles. The molecule has 1 atom stereocenters. The molecule has 1 amide bonds. The number of hydrogen-bond acceptors (Lipinski definition) is 5. The molecule has 0 aliphatic rings. The molecule has 0 saturated carbocycles. The van der Waals surface area contributed by atoms with Gasteiger partial charge in [-0.05, 0) is 43.1 Å². The minimum absolute atomic E-state index is 0.165. The maximum Gasteiger partial charge on any atom is 0.220 e. The zero-order chi connectivity index (χ0) is 24.1. The van der Waals surface area contributed by atoms with Gasteiger partial charge in [0.25, 0.3) is 0 Å². The van der Waals surface area contributed by atoms with Gasteiger partial charge in [0.15, 0.2) is 0 Å². The summed E-state index contributed by atoms with van der Waals surface area (Å²) in [5.41, 5.74) is 2.79. The maximum atomic E-state index is 12.1. The molecule has 2 aromatic rings. The van der Waals surface area contributed by atoms with Crippen molar-refractivity contribution in [2.24, 2.45) is 0 Å². The largest absolute Gasteiger partial charge is 0.380 e. The van der Waals surface area contributed by atoms with Crippen LogP contribution in [0.2, 0.25) is 0 Å². The minimum atomic E-state index is 0.165. The average molecular weight is 503 g/mol. The molecule has 188 valence electrons. The number of carbonyl (C=O) groups excluding carboxylic acids is 1. The van der Waals surface area contributed by atoms with Crippen molar-refractivity contribution in [3.63, 3.8) is 0 Å². The van der Waals surface area contributed by atoms with Gasteiger partial charge in [0.2, 0.25) is 5.91 Å². The lowest BCUT2D eigenvalue weighted by Crippen LogP contribution is -2.33. The van der Waals surface area contributed by atoms with Crippen LogP contribution in [-0.4, -0.2) is 49.8 Å². The Balaban J connectivity index is 1.61. The van der Waals surface area contributed by atoms with Crippen molar-refractivity contribution >= 4 is 29.4 Å². The summed E-state index contributed by atoms with van der Waals surface area (Å²) in [5.74, 6) is 3.49. The van der Waals surface area contributed by atoms with Crippen LogP contribution in [0.5, 0.6) is 0 Å². The number of carbonyl (C=O) groups is 1. The fourth-order valence-electron chi connectivity index (χ4n) is 3.53. The van der Waals surface area contributed by atoms with Crippen molar-refractivity contribution in [2.45, 2.75) is 55.8 Å². The van der Waals surface area contributed by atoms with E-state index in [2.05, 4.69) is 83.1 Å². The van der Waals surface area contributed by atoms with Gasteiger partial charge in [-0.25, -0.2) is 0 Å². The van der Waals surface area contributed by atoms with Crippen LogP contribution in [0.15, 0.2) is 60.7 Å². The van der Waals surface area contributed by atoms with E-state index in [0.717, 1.165) is 50.7 Å². The molecule has 6 heteroatoms. The van der Waals surface area contributed by atoms with Crippen molar-refractivity contribution in [3.8, 4) is 0 Å². The molecular formula is C28H42N2O2S2. The van der Waals surface area contributed by atoms with E-state index in [1.54, 1.807) is 0 Å². The average Bonchev–Trinajstić information content (AvgIpc) is 2.87. The molecule has 34 heavy (non-hydrogen) atoms. The van der Waals surface area contributed by atoms with Crippen molar-refractivity contribution < 1.29 is 9.53 Å². The highest BCUT2D eigenvalue weighted by atomic mass is 32.2. The molecule has 2 aromatic carbocycles. The molecule has 0 bridgehead atoms. The molecule has 0 saturated heterocycles. The van der Waals surface area contributed by atoms with Crippen LogP contribution < -0.4 is 10.6 Å². The van der Waals surface area contributed by atoms with Gasteiger partial charge in [0.05, 0.1) is 6.61 Å². The SMILES string of the molecule is CCOCCNCCNC(=O)CCCC[C@H](CCSCc1ccccc1)SCc1ccccc1. The normalized spacial score (nSPS) is 11.9. The maximum absolute atomic E-state index is 12.1. The lowest BCUT2D eigenvalue weighted by atomic mass is 10.1. The monoisotopic (exact) mass is 502 g/mol. The topological polar surface area (TPSA) is 50.4 Å². The quantitative estimate of drug-likeness (QED) is 0.220. The molecular weight excluding hydrogens is 460 g/mol. The van der Waals surface area contributed by atoms with E-state index in [9.17, 15) is 4.79 Å². The van der Waals surface area contributed by atoms with Gasteiger partial charge >= 0.3 is 0 Å². The lowest BCUT2D eigenvalue weighted by molar-refractivity contribution is -0.121. The first-order valence-corrected chi connectivity index (χ1v) is 14.8. The molecule has 0 aliphatic carbocycles. The van der Waals surface area contributed by atoms with Crippen LogP contribution in [0.4, 0.5) is 0 Å². The first-order chi connectivity index (χ1) is 16.8. The van der Waals surface area contributed by atoms with Crippen molar-refractivity contribution in [1.82, 2.24) is 10.6 Å². The first kappa shape index (κ1) is 28.8. The number of thioether (sulfide) groups is 2. The Morgan fingerprint density at radius 2 is 1.59 bits per heavy atom. The second kappa shape index (κ2) is 19.8. The van der Waals surface area contributed by atoms with Crippen molar-refractivity contribution in [1.29, 1.82) is 0 Å². The number of ether oxygens (including phenoxy) is 1. The van der Waals surface area contributed by atoms with Gasteiger partial charge in [-0.15, -0.1) is 0 Å². The molecule has 2 rings (SSSR count). The number of benzene rings is 2. The van der Waals surface area contributed by atoms with Crippen LogP contribution in [0.1, 0.15) is 50.2 Å². The third-order valence-corrected chi connectivity index (χ3v) is 7.96. The highest BCUT2D eigenvalue weighted by Crippen LogP contribution is 2.27. The Morgan fingerprint density at radius 1 is 0.882 bits per heavy atom. The van der Waals surface area contributed by atoms with Crippen LogP contribution >= 0.6 is 23.5 Å². The van der Waals surface area contributed by atoms with Crippen LogP contribution in [0.25, 0.3) is 0 Å². The van der Waals surface area contributed by atoms with Gasteiger partial charge in [0.1, 0.15) is 0 Å². The van der Waals surface area contributed by atoms with Gasteiger partial charge in [-0.1, -0.05) is 67.1 Å². The third kappa shape index (κ3) is 14.7. The molecule has 0 heterocycles. The molecule has 0 radical (unpaired) electrons. The summed E-state index contributed by atoms with van der Waals surface area (Å²) in [6, 6.07) is 21.5. The fraction of sp³-hybridized carbons (Fsp3) is 0.536. The summed E-state index contributed by atoms with van der Waals surface area (Å²) in [6.45, 7) is 5.76. The third-order valence-electron chi connectivity index (χ3n) is 5.46. The van der Waals surface area contributed by atoms with Crippen LogP contribution in [0.3, 0.4) is 0 Å². The van der Waals surface area contributed by atoms with E-state index in [0.29, 0.717) is 18.2 Å². The summed E-state index contributed by atoms with van der Waals surface area (Å²) >= 11 is 4.10. The summed E-state index contributed by atoms with van der Waals surface area (Å²) in [7, 11) is 0. The number of amides is 1. The van der Waals surface area contributed by atoms with Gasteiger partial charge in [0, 0.05) is 49.4 Å². The summed E-state index contributed by atoms with van der Waals surface area (Å²) in [4.78, 5) is 12.1. The lowest BCUT2D eigenvalue weighted by Gasteiger charge is -2.17. The predicted molar refractivity (Wildman–Crippen MR) is 150 cm³/mol. The Hall–Kier alpha value is -1.47. The van der Waals surface area contributed by atoms with Gasteiger partial charge < -0.3 is 15.4 Å². The van der Waals surface area contributed by atoms with Crippen molar-refractivity contribution in [2.75, 3.05) is 38.6 Å². The Kier molecular flexibility index (Phi) is 16.7. The second-order valence-corrected chi connectivity index (χ2v) is 10.7. The molecule has 4 nitrogen and oxygen atoms in total. The number of nitrogens with one attached hydrogen (secondary N) is 2. The van der Waals surface area contributed by atoms with E-state index >= 15 is 0 Å². The number of unbranched alkanes of at least 4 members (excludes halogenated alkanes) is 1. The molecule has 0 fully saturated rings. The Bertz CT molecular complexity index is 747. The fourth-order valence-corrected chi connectivity index (χ4v) is 5.94. The number of rotatable bonds is 20. The molecule has 0 spiro atoms. The smallest absolute Gasteiger partial charge is 0.220 e. The number of hydrogen-bond donors (Lipinski definition) is 2. The Labute approximate surface area is 215 Å². The van der Waals surface area contributed by atoms with E-state index < -0.39 is 0 Å². The summed E-state index contributed by atoms with van der Waals surface area (Å²) in [5, 5.41) is 6.93. The second-order valence-electron chi connectivity index (χ2n) is 8.29.